The molecule has 0 heterocycles. The molecular weight excluding hydrogens is 266 g/mol. The molecule has 1 rings (SSSR count). The van der Waals surface area contributed by atoms with E-state index in [-0.39, 0.29) is 12.5 Å². The van der Waals surface area contributed by atoms with Crippen molar-refractivity contribution in [2.75, 3.05) is 25.1 Å². The first-order chi connectivity index (χ1) is 10.2. The molecule has 1 aromatic rings. The maximum Gasteiger partial charge on any atom is 0.224 e. The molecule has 0 radical (unpaired) electrons. The highest BCUT2D eigenvalue weighted by Gasteiger charge is 2.06. The molecule has 1 amide bonds. The quantitative estimate of drug-likeness (QED) is 0.598. The Kier molecular flexibility index (Phi) is 8.18. The van der Waals surface area contributed by atoms with Crippen LogP contribution in [0.15, 0.2) is 18.2 Å². The van der Waals surface area contributed by atoms with Crippen LogP contribution < -0.4 is 5.32 Å². The van der Waals surface area contributed by atoms with E-state index in [1.807, 2.05) is 32.0 Å². The van der Waals surface area contributed by atoms with Gasteiger partial charge in [0.15, 0.2) is 0 Å². The minimum atomic E-state index is -0.153. The van der Waals surface area contributed by atoms with Crippen molar-refractivity contribution in [1.29, 1.82) is 0 Å². The summed E-state index contributed by atoms with van der Waals surface area (Å²) in [7, 11) is 0. The topological polar surface area (TPSA) is 58.6 Å². The second kappa shape index (κ2) is 9.98. The average molecular weight is 289 g/mol. The Balaban J connectivity index is 2.63. The summed E-state index contributed by atoms with van der Waals surface area (Å²) < 4.78 is 5.22. The van der Waals surface area contributed by atoms with E-state index in [0.29, 0.717) is 19.6 Å². The summed E-state index contributed by atoms with van der Waals surface area (Å²) in [6, 6.07) is 5.65. The van der Waals surface area contributed by atoms with Crippen LogP contribution in [0.5, 0.6) is 0 Å². The minimum absolute atomic E-state index is 0.00130. The lowest BCUT2D eigenvalue weighted by molar-refractivity contribution is -0.116. The molecule has 0 fully saturated rings. The molecule has 4 heteroatoms. The number of aryl methyl sites for hydroxylation is 1. The summed E-state index contributed by atoms with van der Waals surface area (Å²) in [4.78, 5) is 11.9. The number of anilines is 1. The maximum absolute atomic E-state index is 11.9. The molecule has 21 heavy (non-hydrogen) atoms. The zero-order valence-electron chi connectivity index (χ0n) is 12.7. The summed E-state index contributed by atoms with van der Waals surface area (Å²) in [6.45, 7) is 5.11. The van der Waals surface area contributed by atoms with E-state index < -0.39 is 0 Å². The number of ether oxygens (including phenoxy) is 1. The zero-order chi connectivity index (χ0) is 15.5. The van der Waals surface area contributed by atoms with Crippen molar-refractivity contribution in [3.05, 3.63) is 29.3 Å². The van der Waals surface area contributed by atoms with Crippen molar-refractivity contribution in [1.82, 2.24) is 0 Å². The molecule has 0 spiro atoms. The Bertz CT molecular complexity index is 515. The Labute approximate surface area is 126 Å². The lowest BCUT2D eigenvalue weighted by Crippen LogP contribution is -2.13. The molecular formula is C17H23NO3. The normalized spacial score (nSPS) is 9.86. The second-order valence-electron chi connectivity index (χ2n) is 4.53. The SMILES string of the molecule is CCOCCCC(=O)Nc1ccc(C#CCO)cc1CC. The maximum atomic E-state index is 11.9. The van der Waals surface area contributed by atoms with Crippen LogP contribution in [0.2, 0.25) is 0 Å². The van der Waals surface area contributed by atoms with Crippen molar-refractivity contribution in [3.8, 4) is 11.8 Å². The number of rotatable bonds is 7. The van der Waals surface area contributed by atoms with Crippen molar-refractivity contribution in [2.45, 2.75) is 33.1 Å². The van der Waals surface area contributed by atoms with E-state index in [0.717, 1.165) is 29.7 Å². The lowest BCUT2D eigenvalue weighted by Gasteiger charge is -2.10. The number of aliphatic hydroxyl groups is 1. The summed E-state index contributed by atoms with van der Waals surface area (Å²) >= 11 is 0. The molecule has 2 N–H and O–H groups in total. The molecule has 1 aromatic carbocycles. The Morgan fingerprint density at radius 3 is 2.86 bits per heavy atom. The van der Waals surface area contributed by atoms with Crippen LogP contribution in [-0.4, -0.2) is 30.8 Å². The smallest absolute Gasteiger partial charge is 0.224 e. The Morgan fingerprint density at radius 2 is 2.19 bits per heavy atom. The molecule has 0 aromatic heterocycles. The van der Waals surface area contributed by atoms with Gasteiger partial charge in [-0.15, -0.1) is 0 Å². The van der Waals surface area contributed by atoms with Crippen molar-refractivity contribution < 1.29 is 14.6 Å². The molecule has 0 aliphatic carbocycles. The summed E-state index contributed by atoms with van der Waals surface area (Å²) in [5.41, 5.74) is 2.71. The molecule has 0 aliphatic heterocycles. The molecule has 0 bridgehead atoms. The predicted molar refractivity (Wildman–Crippen MR) is 84.1 cm³/mol. The van der Waals surface area contributed by atoms with Gasteiger partial charge in [0.05, 0.1) is 0 Å². The molecule has 0 unspecified atom stereocenters. The fourth-order valence-electron chi connectivity index (χ4n) is 1.92. The highest BCUT2D eigenvalue weighted by Crippen LogP contribution is 2.18. The molecule has 0 saturated heterocycles. The van der Waals surface area contributed by atoms with Gasteiger partial charge in [0.1, 0.15) is 6.61 Å². The third-order valence-electron chi connectivity index (χ3n) is 2.97. The minimum Gasteiger partial charge on any atom is -0.384 e. The van der Waals surface area contributed by atoms with E-state index in [9.17, 15) is 4.79 Å². The monoisotopic (exact) mass is 289 g/mol. The van der Waals surface area contributed by atoms with E-state index in [1.165, 1.54) is 0 Å². The molecule has 0 aliphatic rings. The number of amides is 1. The first-order valence-electron chi connectivity index (χ1n) is 7.31. The molecule has 0 saturated carbocycles. The largest absolute Gasteiger partial charge is 0.384 e. The highest BCUT2D eigenvalue weighted by atomic mass is 16.5. The standard InChI is InChI=1S/C17H23NO3/c1-3-15-13-14(7-5-11-19)9-10-16(15)18-17(20)8-6-12-21-4-2/h9-10,13,19H,3-4,6,8,11-12H2,1-2H3,(H,18,20). The van der Waals surface area contributed by atoms with E-state index >= 15 is 0 Å². The van der Waals surface area contributed by atoms with E-state index in [2.05, 4.69) is 17.2 Å². The van der Waals surface area contributed by atoms with Gasteiger partial charge in [-0.2, -0.15) is 0 Å². The number of hydrogen-bond donors (Lipinski definition) is 2. The van der Waals surface area contributed by atoms with Crippen LogP contribution in [-0.2, 0) is 16.0 Å². The summed E-state index contributed by atoms with van der Waals surface area (Å²) in [5.74, 6) is 5.49. The fourth-order valence-corrected chi connectivity index (χ4v) is 1.92. The van der Waals surface area contributed by atoms with Crippen LogP contribution >= 0.6 is 0 Å². The van der Waals surface area contributed by atoms with Gasteiger partial charge in [-0.1, -0.05) is 18.8 Å². The van der Waals surface area contributed by atoms with Gasteiger partial charge < -0.3 is 15.2 Å². The number of benzene rings is 1. The van der Waals surface area contributed by atoms with Gasteiger partial charge in [0.2, 0.25) is 5.91 Å². The van der Waals surface area contributed by atoms with Gasteiger partial charge in [0, 0.05) is 30.9 Å². The van der Waals surface area contributed by atoms with Crippen LogP contribution in [0, 0.1) is 11.8 Å². The molecule has 4 nitrogen and oxygen atoms in total. The number of aliphatic hydroxyl groups excluding tert-OH is 1. The molecule has 114 valence electrons. The van der Waals surface area contributed by atoms with Crippen LogP contribution in [0.1, 0.15) is 37.8 Å². The van der Waals surface area contributed by atoms with Gasteiger partial charge in [0.25, 0.3) is 0 Å². The third kappa shape index (κ3) is 6.44. The summed E-state index contributed by atoms with van der Waals surface area (Å²) in [6.07, 6.45) is 1.99. The summed E-state index contributed by atoms with van der Waals surface area (Å²) in [5, 5.41) is 11.6. The predicted octanol–water partition coefficient (Wildman–Crippen LogP) is 2.35. The van der Waals surface area contributed by atoms with Crippen LogP contribution in [0.25, 0.3) is 0 Å². The van der Waals surface area contributed by atoms with Crippen molar-refractivity contribution in [2.24, 2.45) is 0 Å². The van der Waals surface area contributed by atoms with Gasteiger partial charge in [-0.05, 0) is 43.5 Å². The van der Waals surface area contributed by atoms with Gasteiger partial charge in [-0.3, -0.25) is 4.79 Å². The first kappa shape index (κ1) is 17.2. The van der Waals surface area contributed by atoms with E-state index in [1.54, 1.807) is 0 Å². The Hall–Kier alpha value is -1.83. The van der Waals surface area contributed by atoms with Crippen molar-refractivity contribution in [3.63, 3.8) is 0 Å². The average Bonchev–Trinajstić information content (AvgIpc) is 2.50. The first-order valence-corrected chi connectivity index (χ1v) is 7.31. The number of carbonyl (C=O) groups is 1. The number of nitrogens with one attached hydrogen (secondary N) is 1. The second-order valence-corrected chi connectivity index (χ2v) is 4.53. The highest BCUT2D eigenvalue weighted by molar-refractivity contribution is 5.91. The third-order valence-corrected chi connectivity index (χ3v) is 2.97. The zero-order valence-corrected chi connectivity index (χ0v) is 12.7. The lowest BCUT2D eigenvalue weighted by atomic mass is 10.1. The fraction of sp³-hybridized carbons (Fsp3) is 0.471. The Morgan fingerprint density at radius 1 is 1.38 bits per heavy atom. The van der Waals surface area contributed by atoms with Gasteiger partial charge in [-0.25, -0.2) is 0 Å². The number of hydrogen-bond acceptors (Lipinski definition) is 3. The molecule has 0 atom stereocenters. The van der Waals surface area contributed by atoms with Gasteiger partial charge >= 0.3 is 0 Å². The van der Waals surface area contributed by atoms with Crippen LogP contribution in [0.3, 0.4) is 0 Å². The van der Waals surface area contributed by atoms with Crippen molar-refractivity contribution >= 4 is 11.6 Å². The van der Waals surface area contributed by atoms with E-state index in [4.69, 9.17) is 9.84 Å². The number of carbonyl (C=O) groups excluding carboxylic acids is 1. The van der Waals surface area contributed by atoms with Crippen LogP contribution in [0.4, 0.5) is 5.69 Å².